The van der Waals surface area contributed by atoms with Crippen LogP contribution in [0.15, 0.2) is 30.3 Å². The maximum atomic E-state index is 12.7. The predicted molar refractivity (Wildman–Crippen MR) is 87.5 cm³/mol. The second-order valence-electron chi connectivity index (χ2n) is 5.77. The first-order valence-electron chi connectivity index (χ1n) is 7.27. The van der Waals surface area contributed by atoms with E-state index in [1.807, 2.05) is 17.9 Å². The predicted octanol–water partition coefficient (Wildman–Crippen LogP) is 3.75. The molecule has 1 aromatic carbocycles. The molecule has 3 rings (SSSR count). The number of carbonyl (C=O) groups excluding carboxylic acids is 1. The molecule has 1 amide bonds. The first-order valence-corrected chi connectivity index (χ1v) is 8.08. The average molecular weight is 300 g/mol. The van der Waals surface area contributed by atoms with Crippen LogP contribution in [-0.2, 0) is 6.54 Å². The van der Waals surface area contributed by atoms with Gasteiger partial charge in [-0.25, -0.2) is 0 Å². The summed E-state index contributed by atoms with van der Waals surface area (Å²) in [6.45, 7) is 4.71. The van der Waals surface area contributed by atoms with Crippen molar-refractivity contribution in [3.63, 3.8) is 0 Å². The number of nitrogen functional groups attached to an aromatic ring is 1. The fourth-order valence-electron chi connectivity index (χ4n) is 2.39. The molecular weight excluding hydrogens is 280 g/mol. The molecule has 2 N–H and O–H groups in total. The molecule has 110 valence electrons. The Kier molecular flexibility index (Phi) is 3.72. The van der Waals surface area contributed by atoms with Crippen LogP contribution in [0.5, 0.6) is 0 Å². The van der Waals surface area contributed by atoms with Gasteiger partial charge in [0.15, 0.2) is 0 Å². The molecule has 1 saturated carbocycles. The van der Waals surface area contributed by atoms with Crippen LogP contribution in [0.2, 0.25) is 0 Å². The molecular formula is C17H20N2OS. The summed E-state index contributed by atoms with van der Waals surface area (Å²) >= 11 is 1.49. The zero-order valence-electron chi connectivity index (χ0n) is 12.4. The van der Waals surface area contributed by atoms with E-state index in [0.717, 1.165) is 28.3 Å². The Morgan fingerprint density at radius 1 is 1.29 bits per heavy atom. The highest BCUT2D eigenvalue weighted by Crippen LogP contribution is 2.32. The van der Waals surface area contributed by atoms with Gasteiger partial charge in [0.05, 0.1) is 4.88 Å². The smallest absolute Gasteiger partial charge is 0.264 e. The van der Waals surface area contributed by atoms with Gasteiger partial charge in [-0.05, 0) is 38.3 Å². The van der Waals surface area contributed by atoms with E-state index in [1.54, 1.807) is 0 Å². The van der Waals surface area contributed by atoms with Crippen LogP contribution >= 0.6 is 11.3 Å². The SMILES string of the molecule is Cc1ccc(CN(C(=O)c2cc(N)c(C)s2)C2CC2)cc1. The molecule has 2 aromatic rings. The van der Waals surface area contributed by atoms with E-state index in [1.165, 1.54) is 22.5 Å². The number of benzene rings is 1. The lowest BCUT2D eigenvalue weighted by molar-refractivity contribution is 0.0735. The van der Waals surface area contributed by atoms with Gasteiger partial charge >= 0.3 is 0 Å². The lowest BCUT2D eigenvalue weighted by Crippen LogP contribution is -2.32. The Hall–Kier alpha value is -1.81. The monoisotopic (exact) mass is 300 g/mol. The van der Waals surface area contributed by atoms with E-state index in [-0.39, 0.29) is 5.91 Å². The summed E-state index contributed by atoms with van der Waals surface area (Å²) in [5.74, 6) is 0.114. The zero-order valence-corrected chi connectivity index (χ0v) is 13.2. The first kappa shape index (κ1) is 14.1. The number of rotatable bonds is 4. The minimum atomic E-state index is 0.114. The zero-order chi connectivity index (χ0) is 15.0. The molecule has 0 unspecified atom stereocenters. The van der Waals surface area contributed by atoms with E-state index in [0.29, 0.717) is 12.6 Å². The normalized spacial score (nSPS) is 14.2. The molecule has 1 aliphatic carbocycles. The van der Waals surface area contributed by atoms with Crippen LogP contribution in [0, 0.1) is 13.8 Å². The summed E-state index contributed by atoms with van der Waals surface area (Å²) in [4.78, 5) is 16.5. The standard InChI is InChI=1S/C17H20N2OS/c1-11-3-5-13(6-4-11)10-19(14-7-8-14)17(20)16-9-15(18)12(2)21-16/h3-6,9,14H,7-8,10,18H2,1-2H3. The average Bonchev–Trinajstić information content (AvgIpc) is 3.24. The minimum absolute atomic E-state index is 0.114. The summed E-state index contributed by atoms with van der Waals surface area (Å²) in [7, 11) is 0. The van der Waals surface area contributed by atoms with Crippen molar-refractivity contribution in [1.82, 2.24) is 4.90 Å². The number of carbonyl (C=O) groups is 1. The Balaban J connectivity index is 1.81. The lowest BCUT2D eigenvalue weighted by atomic mass is 10.1. The van der Waals surface area contributed by atoms with Crippen molar-refractivity contribution in [2.75, 3.05) is 5.73 Å². The van der Waals surface area contributed by atoms with Crippen molar-refractivity contribution < 1.29 is 4.79 Å². The van der Waals surface area contributed by atoms with Crippen LogP contribution in [0.4, 0.5) is 5.69 Å². The third-order valence-electron chi connectivity index (χ3n) is 3.89. The molecule has 0 atom stereocenters. The minimum Gasteiger partial charge on any atom is -0.398 e. The van der Waals surface area contributed by atoms with Gasteiger partial charge in [0.1, 0.15) is 0 Å². The Bertz CT molecular complexity index is 636. The third kappa shape index (κ3) is 3.10. The third-order valence-corrected chi connectivity index (χ3v) is 4.94. The van der Waals surface area contributed by atoms with Gasteiger partial charge in [0, 0.05) is 23.2 Å². The molecule has 1 aromatic heterocycles. The molecule has 1 heterocycles. The van der Waals surface area contributed by atoms with Crippen molar-refractivity contribution in [3.05, 3.63) is 51.2 Å². The fraction of sp³-hybridized carbons (Fsp3) is 0.353. The van der Waals surface area contributed by atoms with Crippen LogP contribution in [0.3, 0.4) is 0 Å². The van der Waals surface area contributed by atoms with Gasteiger partial charge in [-0.2, -0.15) is 0 Å². The van der Waals surface area contributed by atoms with Gasteiger partial charge in [0.25, 0.3) is 5.91 Å². The van der Waals surface area contributed by atoms with Crippen LogP contribution in [0.25, 0.3) is 0 Å². The molecule has 0 aliphatic heterocycles. The lowest BCUT2D eigenvalue weighted by Gasteiger charge is -2.22. The number of amides is 1. The number of aryl methyl sites for hydroxylation is 2. The van der Waals surface area contributed by atoms with Gasteiger partial charge in [-0.15, -0.1) is 11.3 Å². The Morgan fingerprint density at radius 3 is 2.48 bits per heavy atom. The number of hydrogen-bond donors (Lipinski definition) is 1. The van der Waals surface area contributed by atoms with Crippen molar-refractivity contribution in [1.29, 1.82) is 0 Å². The molecule has 1 aliphatic rings. The first-order chi connectivity index (χ1) is 10.0. The van der Waals surface area contributed by atoms with Gasteiger partial charge in [-0.1, -0.05) is 29.8 Å². The van der Waals surface area contributed by atoms with Crippen molar-refractivity contribution in [2.45, 2.75) is 39.3 Å². The molecule has 21 heavy (non-hydrogen) atoms. The second kappa shape index (κ2) is 5.53. The van der Waals surface area contributed by atoms with E-state index in [4.69, 9.17) is 5.73 Å². The number of nitrogens with two attached hydrogens (primary N) is 1. The highest BCUT2D eigenvalue weighted by molar-refractivity contribution is 7.14. The summed E-state index contributed by atoms with van der Waals surface area (Å²) < 4.78 is 0. The molecule has 0 spiro atoms. The van der Waals surface area contributed by atoms with Crippen LogP contribution in [0.1, 0.15) is 38.5 Å². The van der Waals surface area contributed by atoms with Crippen LogP contribution in [-0.4, -0.2) is 16.8 Å². The molecule has 3 nitrogen and oxygen atoms in total. The van der Waals surface area contributed by atoms with Gasteiger partial charge < -0.3 is 10.6 Å². The van der Waals surface area contributed by atoms with Crippen molar-refractivity contribution in [3.8, 4) is 0 Å². The maximum absolute atomic E-state index is 12.7. The Labute approximate surface area is 129 Å². The molecule has 0 bridgehead atoms. The number of hydrogen-bond acceptors (Lipinski definition) is 3. The summed E-state index contributed by atoms with van der Waals surface area (Å²) in [5.41, 5.74) is 9.02. The molecule has 1 fully saturated rings. The molecule has 0 radical (unpaired) electrons. The summed E-state index contributed by atoms with van der Waals surface area (Å²) in [5, 5.41) is 0. The van der Waals surface area contributed by atoms with E-state index >= 15 is 0 Å². The second-order valence-corrected chi connectivity index (χ2v) is 7.03. The summed E-state index contributed by atoms with van der Waals surface area (Å²) in [6.07, 6.45) is 2.22. The van der Waals surface area contributed by atoms with E-state index < -0.39 is 0 Å². The highest BCUT2D eigenvalue weighted by atomic mass is 32.1. The van der Waals surface area contributed by atoms with Crippen LogP contribution < -0.4 is 5.73 Å². The Morgan fingerprint density at radius 2 is 1.95 bits per heavy atom. The quantitative estimate of drug-likeness (QED) is 0.934. The topological polar surface area (TPSA) is 46.3 Å². The van der Waals surface area contributed by atoms with Gasteiger partial charge in [-0.3, -0.25) is 4.79 Å². The van der Waals surface area contributed by atoms with Gasteiger partial charge in [0.2, 0.25) is 0 Å². The van der Waals surface area contributed by atoms with Crippen molar-refractivity contribution in [2.24, 2.45) is 0 Å². The number of thiophene rings is 1. The van der Waals surface area contributed by atoms with Crippen molar-refractivity contribution >= 4 is 22.9 Å². The fourth-order valence-corrected chi connectivity index (χ4v) is 3.28. The highest BCUT2D eigenvalue weighted by Gasteiger charge is 2.33. The molecule has 4 heteroatoms. The maximum Gasteiger partial charge on any atom is 0.264 e. The number of nitrogens with zero attached hydrogens (tertiary/aromatic N) is 1. The molecule has 0 saturated heterocycles. The van der Waals surface area contributed by atoms with E-state index in [2.05, 4.69) is 31.2 Å². The largest absolute Gasteiger partial charge is 0.398 e. The summed E-state index contributed by atoms with van der Waals surface area (Å²) in [6, 6.07) is 10.6. The number of anilines is 1. The van der Waals surface area contributed by atoms with E-state index in [9.17, 15) is 4.79 Å².